The van der Waals surface area contributed by atoms with Gasteiger partial charge in [0.2, 0.25) is 0 Å². The van der Waals surface area contributed by atoms with Crippen LogP contribution >= 0.6 is 12.2 Å². The molecule has 0 saturated heterocycles. The van der Waals surface area contributed by atoms with Crippen molar-refractivity contribution < 1.29 is 0 Å². The van der Waals surface area contributed by atoms with E-state index < -0.39 is 0 Å². The Bertz CT molecular complexity index is 114. The van der Waals surface area contributed by atoms with Gasteiger partial charge in [-0.25, -0.2) is 4.99 Å². The molecule has 44 valence electrons. The molecular weight excluding hydrogens is 118 g/mol. The van der Waals surface area contributed by atoms with Crippen LogP contribution in [0.1, 0.15) is 6.92 Å². The van der Waals surface area contributed by atoms with Crippen LogP contribution in [-0.4, -0.2) is 11.7 Å². The summed E-state index contributed by atoms with van der Waals surface area (Å²) < 4.78 is 0. The number of thiocarbonyl (C=S) groups is 1. The molecule has 0 fully saturated rings. The van der Waals surface area contributed by atoms with Gasteiger partial charge in [0.1, 0.15) is 0 Å². The van der Waals surface area contributed by atoms with Crippen molar-refractivity contribution in [2.75, 3.05) is 6.54 Å². The van der Waals surface area contributed by atoms with Gasteiger partial charge in [-0.15, -0.1) is 6.58 Å². The minimum atomic E-state index is 0.422. The number of hydrogen-bond acceptors (Lipinski definition) is 2. The molecule has 0 bridgehead atoms. The summed E-state index contributed by atoms with van der Waals surface area (Å²) in [4.78, 5) is 3.74. The van der Waals surface area contributed by atoms with Gasteiger partial charge in [0.25, 0.3) is 0 Å². The SMILES string of the molecule is C=CC(C)CN=C=S. The lowest BCUT2D eigenvalue weighted by atomic mass is 10.2. The molecule has 0 radical (unpaired) electrons. The summed E-state index contributed by atoms with van der Waals surface area (Å²) in [7, 11) is 0. The zero-order valence-corrected chi connectivity index (χ0v) is 5.74. The van der Waals surface area contributed by atoms with E-state index in [2.05, 4.69) is 29.0 Å². The largest absolute Gasteiger partial charge is 0.232 e. The van der Waals surface area contributed by atoms with Crippen molar-refractivity contribution in [3.05, 3.63) is 12.7 Å². The van der Waals surface area contributed by atoms with Gasteiger partial charge in [-0.05, 0) is 18.1 Å². The normalized spacial score (nSPS) is 11.6. The maximum atomic E-state index is 4.37. The second-order valence-corrected chi connectivity index (χ2v) is 1.83. The first-order valence-electron chi connectivity index (χ1n) is 2.47. The number of hydrogen-bond donors (Lipinski definition) is 0. The molecule has 8 heavy (non-hydrogen) atoms. The van der Waals surface area contributed by atoms with E-state index in [9.17, 15) is 0 Å². The summed E-state index contributed by atoms with van der Waals surface area (Å²) in [6.45, 7) is 6.34. The molecule has 0 N–H and O–H groups in total. The van der Waals surface area contributed by atoms with Crippen LogP contribution in [0.4, 0.5) is 0 Å². The molecule has 0 aromatic heterocycles. The maximum absolute atomic E-state index is 4.37. The van der Waals surface area contributed by atoms with Gasteiger partial charge >= 0.3 is 0 Å². The Morgan fingerprint density at radius 1 is 2.00 bits per heavy atom. The van der Waals surface area contributed by atoms with Crippen molar-refractivity contribution in [1.82, 2.24) is 0 Å². The fourth-order valence-electron chi connectivity index (χ4n) is 0.256. The van der Waals surface area contributed by atoms with Gasteiger partial charge in [-0.3, -0.25) is 0 Å². The minimum Gasteiger partial charge on any atom is -0.232 e. The molecule has 1 atom stereocenters. The summed E-state index contributed by atoms with van der Waals surface area (Å²) in [5.41, 5.74) is 0. The van der Waals surface area contributed by atoms with Crippen molar-refractivity contribution in [3.8, 4) is 0 Å². The van der Waals surface area contributed by atoms with Crippen molar-refractivity contribution in [2.24, 2.45) is 10.9 Å². The van der Waals surface area contributed by atoms with E-state index in [0.717, 1.165) is 0 Å². The predicted octanol–water partition coefficient (Wildman–Crippen LogP) is 1.91. The average Bonchev–Trinajstić information content (AvgIpc) is 1.83. The van der Waals surface area contributed by atoms with E-state index in [1.54, 1.807) is 0 Å². The van der Waals surface area contributed by atoms with Crippen LogP contribution in [0.3, 0.4) is 0 Å². The zero-order chi connectivity index (χ0) is 6.41. The molecule has 0 saturated carbocycles. The Balaban J connectivity index is 3.38. The van der Waals surface area contributed by atoms with Crippen LogP contribution in [-0.2, 0) is 0 Å². The first kappa shape index (κ1) is 7.54. The van der Waals surface area contributed by atoms with Gasteiger partial charge in [-0.1, -0.05) is 13.0 Å². The van der Waals surface area contributed by atoms with E-state index >= 15 is 0 Å². The molecule has 0 aromatic rings. The standard InChI is InChI=1S/C6H9NS/c1-3-6(2)4-7-5-8/h3,6H,1,4H2,2H3. The van der Waals surface area contributed by atoms with Gasteiger partial charge < -0.3 is 0 Å². The minimum absolute atomic E-state index is 0.422. The average molecular weight is 127 g/mol. The van der Waals surface area contributed by atoms with E-state index in [4.69, 9.17) is 0 Å². The first-order chi connectivity index (χ1) is 3.81. The molecule has 0 aliphatic carbocycles. The zero-order valence-electron chi connectivity index (χ0n) is 4.92. The van der Waals surface area contributed by atoms with Crippen LogP contribution in [0.5, 0.6) is 0 Å². The van der Waals surface area contributed by atoms with Crippen LogP contribution in [0, 0.1) is 5.92 Å². The summed E-state index contributed by atoms with van der Waals surface area (Å²) in [5.74, 6) is 0.422. The third-order valence-corrected chi connectivity index (χ3v) is 0.975. The predicted molar refractivity (Wildman–Crippen MR) is 39.3 cm³/mol. The van der Waals surface area contributed by atoms with E-state index in [0.29, 0.717) is 12.5 Å². The van der Waals surface area contributed by atoms with Crippen molar-refractivity contribution in [3.63, 3.8) is 0 Å². The van der Waals surface area contributed by atoms with Crippen LogP contribution in [0.15, 0.2) is 17.6 Å². The number of rotatable bonds is 3. The van der Waals surface area contributed by atoms with Crippen LogP contribution < -0.4 is 0 Å². The molecule has 1 nitrogen and oxygen atoms in total. The summed E-state index contributed by atoms with van der Waals surface area (Å²) in [6.07, 6.45) is 1.84. The monoisotopic (exact) mass is 127 g/mol. The molecule has 1 unspecified atom stereocenters. The van der Waals surface area contributed by atoms with Crippen LogP contribution in [0.2, 0.25) is 0 Å². The fourth-order valence-corrected chi connectivity index (χ4v) is 0.330. The smallest absolute Gasteiger partial charge is 0.0585 e. The van der Waals surface area contributed by atoms with E-state index in [-0.39, 0.29) is 0 Å². The van der Waals surface area contributed by atoms with Crippen molar-refractivity contribution in [2.45, 2.75) is 6.92 Å². The number of isothiocyanates is 1. The lowest BCUT2D eigenvalue weighted by Gasteiger charge is -1.94. The molecular formula is C6H9NS. The van der Waals surface area contributed by atoms with Gasteiger partial charge in [0, 0.05) is 0 Å². The lowest BCUT2D eigenvalue weighted by Crippen LogP contribution is -1.91. The van der Waals surface area contributed by atoms with Gasteiger partial charge in [0.15, 0.2) is 0 Å². The highest BCUT2D eigenvalue weighted by atomic mass is 32.1. The highest BCUT2D eigenvalue weighted by molar-refractivity contribution is 7.78. The first-order valence-corrected chi connectivity index (χ1v) is 2.88. The summed E-state index contributed by atoms with van der Waals surface area (Å²) in [6, 6.07) is 0. The summed E-state index contributed by atoms with van der Waals surface area (Å²) >= 11 is 4.37. The van der Waals surface area contributed by atoms with Crippen molar-refractivity contribution >= 4 is 17.4 Å². The highest BCUT2D eigenvalue weighted by Crippen LogP contribution is 1.93. The Morgan fingerprint density at radius 2 is 2.62 bits per heavy atom. The molecule has 0 aliphatic rings. The third kappa shape index (κ3) is 3.72. The molecule has 0 amide bonds. The van der Waals surface area contributed by atoms with E-state index in [1.165, 1.54) is 0 Å². The summed E-state index contributed by atoms with van der Waals surface area (Å²) in [5, 5.41) is 2.29. The second kappa shape index (κ2) is 4.69. The third-order valence-electron chi connectivity index (χ3n) is 0.846. The van der Waals surface area contributed by atoms with Crippen LogP contribution in [0.25, 0.3) is 0 Å². The Labute approximate surface area is 55.1 Å². The number of nitrogens with zero attached hydrogens (tertiary/aromatic N) is 1. The fraction of sp³-hybridized carbons (Fsp3) is 0.500. The topological polar surface area (TPSA) is 12.4 Å². The highest BCUT2D eigenvalue weighted by Gasteiger charge is 1.88. The second-order valence-electron chi connectivity index (χ2n) is 1.64. The van der Waals surface area contributed by atoms with Gasteiger partial charge in [0.05, 0.1) is 11.7 Å². The number of aliphatic imine (C=N–C) groups is 1. The quantitative estimate of drug-likeness (QED) is 0.320. The Morgan fingerprint density at radius 3 is 3.00 bits per heavy atom. The van der Waals surface area contributed by atoms with E-state index in [1.807, 2.05) is 13.0 Å². The molecule has 0 spiro atoms. The van der Waals surface area contributed by atoms with Crippen molar-refractivity contribution in [1.29, 1.82) is 0 Å². The Hall–Kier alpha value is -0.460. The van der Waals surface area contributed by atoms with Gasteiger partial charge in [-0.2, -0.15) is 0 Å². The molecule has 2 heteroatoms. The molecule has 0 heterocycles. The molecule has 0 rings (SSSR count). The lowest BCUT2D eigenvalue weighted by molar-refractivity contribution is 0.747. The Kier molecular flexibility index (Phi) is 4.42. The molecule has 0 aromatic carbocycles. The molecule has 0 aliphatic heterocycles. The maximum Gasteiger partial charge on any atom is 0.0585 e.